The Kier molecular flexibility index (Phi) is 10.3. The third-order valence-corrected chi connectivity index (χ3v) is 10.6. The first-order chi connectivity index (χ1) is 16.3. The number of nitrogens with two attached hydrogens (primary N) is 1. The van der Waals surface area contributed by atoms with Crippen LogP contribution in [0.5, 0.6) is 5.75 Å². The van der Waals surface area contributed by atoms with Crippen LogP contribution in [0.3, 0.4) is 0 Å². The SMILES string of the molecule is NCCCc1ccccc1OCCC[P+](c1ccccc1)(c1ccccc1)c1ccccc1.[Br-]. The second kappa shape index (κ2) is 13.4. The number of ether oxygens (including phenoxy) is 1. The number of benzene rings is 4. The molecule has 0 atom stereocenters. The second-order valence-corrected chi connectivity index (χ2v) is 11.9. The van der Waals surface area contributed by atoms with Crippen molar-refractivity contribution in [3.63, 3.8) is 0 Å². The molecule has 4 rings (SSSR count). The Morgan fingerprint density at radius 3 is 1.56 bits per heavy atom. The van der Waals surface area contributed by atoms with Crippen molar-refractivity contribution in [2.24, 2.45) is 5.73 Å². The van der Waals surface area contributed by atoms with Crippen LogP contribution in [0.2, 0.25) is 0 Å². The lowest BCUT2D eigenvalue weighted by Gasteiger charge is -2.27. The van der Waals surface area contributed by atoms with E-state index in [1.165, 1.54) is 21.5 Å². The maximum atomic E-state index is 6.31. The molecule has 2 nitrogen and oxygen atoms in total. The number of aryl methyl sites for hydroxylation is 1. The summed E-state index contributed by atoms with van der Waals surface area (Å²) in [4.78, 5) is 0. The summed E-state index contributed by atoms with van der Waals surface area (Å²) in [5.41, 5.74) is 6.97. The molecular formula is C30H33BrNOP. The van der Waals surface area contributed by atoms with Crippen molar-refractivity contribution >= 4 is 23.2 Å². The Morgan fingerprint density at radius 1 is 0.588 bits per heavy atom. The van der Waals surface area contributed by atoms with E-state index in [0.717, 1.165) is 31.2 Å². The van der Waals surface area contributed by atoms with Gasteiger partial charge in [0.15, 0.2) is 0 Å². The van der Waals surface area contributed by atoms with Crippen LogP contribution >= 0.6 is 7.26 Å². The van der Waals surface area contributed by atoms with Gasteiger partial charge in [-0.05, 0) is 67.4 Å². The summed E-state index contributed by atoms with van der Waals surface area (Å²) in [7, 11) is -1.80. The first kappa shape index (κ1) is 26.2. The van der Waals surface area contributed by atoms with Gasteiger partial charge in [-0.2, -0.15) is 0 Å². The smallest absolute Gasteiger partial charge is 0.122 e. The molecule has 0 fully saturated rings. The summed E-state index contributed by atoms with van der Waals surface area (Å²) in [6, 6.07) is 41.5. The Balaban J connectivity index is 0.00000324. The van der Waals surface area contributed by atoms with Gasteiger partial charge in [-0.1, -0.05) is 72.8 Å². The summed E-state index contributed by atoms with van der Waals surface area (Å²) in [6.07, 6.45) is 3.99. The highest BCUT2D eigenvalue weighted by atomic mass is 79.9. The summed E-state index contributed by atoms with van der Waals surface area (Å²) < 4.78 is 6.31. The molecule has 0 heterocycles. The summed E-state index contributed by atoms with van der Waals surface area (Å²) >= 11 is 0. The first-order valence-electron chi connectivity index (χ1n) is 11.8. The Labute approximate surface area is 215 Å². The van der Waals surface area contributed by atoms with E-state index in [4.69, 9.17) is 10.5 Å². The Hall–Kier alpha value is -2.45. The quantitative estimate of drug-likeness (QED) is 0.237. The number of para-hydroxylation sites is 1. The van der Waals surface area contributed by atoms with Gasteiger partial charge >= 0.3 is 0 Å². The molecule has 0 aliphatic rings. The van der Waals surface area contributed by atoms with Crippen molar-refractivity contribution in [3.05, 3.63) is 121 Å². The molecule has 0 spiro atoms. The van der Waals surface area contributed by atoms with Gasteiger partial charge in [-0.15, -0.1) is 0 Å². The molecule has 4 heteroatoms. The third-order valence-electron chi connectivity index (χ3n) is 6.11. The van der Waals surface area contributed by atoms with Gasteiger partial charge in [-0.25, -0.2) is 0 Å². The van der Waals surface area contributed by atoms with Gasteiger partial charge in [-0.3, -0.25) is 0 Å². The molecule has 4 aromatic carbocycles. The largest absolute Gasteiger partial charge is 1.00 e. The molecule has 0 amide bonds. The lowest BCUT2D eigenvalue weighted by Crippen LogP contribution is -3.00. The average molecular weight is 534 g/mol. The molecule has 2 N–H and O–H groups in total. The van der Waals surface area contributed by atoms with Gasteiger partial charge in [0.05, 0.1) is 12.8 Å². The highest BCUT2D eigenvalue weighted by molar-refractivity contribution is 7.95. The predicted octanol–water partition coefficient (Wildman–Crippen LogP) is 2.34. The maximum Gasteiger partial charge on any atom is 0.122 e. The fraction of sp³-hybridized carbons (Fsp3) is 0.200. The zero-order valence-corrected chi connectivity index (χ0v) is 22.0. The van der Waals surface area contributed by atoms with E-state index in [1.54, 1.807) is 0 Å². The molecule has 0 bridgehead atoms. The minimum atomic E-state index is -1.80. The summed E-state index contributed by atoms with van der Waals surface area (Å²) in [5.74, 6) is 0.994. The van der Waals surface area contributed by atoms with Crippen LogP contribution < -0.4 is 43.4 Å². The van der Waals surface area contributed by atoms with E-state index in [0.29, 0.717) is 13.2 Å². The van der Waals surface area contributed by atoms with Gasteiger partial charge in [0.2, 0.25) is 0 Å². The van der Waals surface area contributed by atoms with E-state index in [9.17, 15) is 0 Å². The van der Waals surface area contributed by atoms with E-state index >= 15 is 0 Å². The Morgan fingerprint density at radius 2 is 1.06 bits per heavy atom. The first-order valence-corrected chi connectivity index (χ1v) is 13.8. The predicted molar refractivity (Wildman–Crippen MR) is 144 cm³/mol. The minimum absolute atomic E-state index is 0. The van der Waals surface area contributed by atoms with Crippen LogP contribution in [0, 0.1) is 0 Å². The van der Waals surface area contributed by atoms with E-state index in [1.807, 2.05) is 0 Å². The van der Waals surface area contributed by atoms with Crippen LogP contribution in [0.1, 0.15) is 18.4 Å². The standard InChI is InChI=1S/C30H33NOP.BrH/c31-23-12-15-26-14-10-11-22-30(26)32-24-13-25-33(27-16-4-1-5-17-27,28-18-6-2-7-19-28)29-20-8-3-9-21-29;/h1-11,14,16-22H,12-13,15,23-25,31H2;1H/q+1;/p-1. The van der Waals surface area contributed by atoms with Crippen LogP contribution in [-0.4, -0.2) is 19.3 Å². The molecule has 0 saturated carbocycles. The molecule has 0 unspecified atom stereocenters. The van der Waals surface area contributed by atoms with E-state index < -0.39 is 7.26 Å². The van der Waals surface area contributed by atoms with Gasteiger partial charge < -0.3 is 27.5 Å². The molecular weight excluding hydrogens is 501 g/mol. The van der Waals surface area contributed by atoms with Crippen molar-refractivity contribution in [2.45, 2.75) is 19.3 Å². The third kappa shape index (κ3) is 6.16. The van der Waals surface area contributed by atoms with Crippen molar-refractivity contribution in [2.75, 3.05) is 19.3 Å². The van der Waals surface area contributed by atoms with Gasteiger partial charge in [0.25, 0.3) is 0 Å². The molecule has 0 aliphatic heterocycles. The second-order valence-electron chi connectivity index (χ2n) is 8.24. The molecule has 176 valence electrons. The molecule has 0 aromatic heterocycles. The molecule has 0 aliphatic carbocycles. The Bertz CT molecular complexity index is 1010. The van der Waals surface area contributed by atoms with Crippen LogP contribution in [0.15, 0.2) is 115 Å². The fourth-order valence-corrected chi connectivity index (χ4v) is 8.83. The maximum absolute atomic E-state index is 6.31. The highest BCUT2D eigenvalue weighted by Crippen LogP contribution is 2.55. The average Bonchev–Trinajstić information content (AvgIpc) is 2.90. The number of hydrogen-bond donors (Lipinski definition) is 1. The summed E-state index contributed by atoms with van der Waals surface area (Å²) in [6.45, 7) is 1.40. The minimum Gasteiger partial charge on any atom is -1.00 e. The fourth-order valence-electron chi connectivity index (χ4n) is 4.51. The van der Waals surface area contributed by atoms with Crippen molar-refractivity contribution in [1.82, 2.24) is 0 Å². The highest BCUT2D eigenvalue weighted by Gasteiger charge is 2.44. The van der Waals surface area contributed by atoms with E-state index in [2.05, 4.69) is 115 Å². The zero-order valence-electron chi connectivity index (χ0n) is 19.5. The van der Waals surface area contributed by atoms with Crippen molar-refractivity contribution in [3.8, 4) is 5.75 Å². The van der Waals surface area contributed by atoms with Crippen LogP contribution in [0.4, 0.5) is 0 Å². The van der Waals surface area contributed by atoms with Gasteiger partial charge in [0.1, 0.15) is 28.9 Å². The molecule has 4 aromatic rings. The van der Waals surface area contributed by atoms with Crippen molar-refractivity contribution < 1.29 is 21.7 Å². The molecule has 0 saturated heterocycles. The normalized spacial score (nSPS) is 11.0. The van der Waals surface area contributed by atoms with Crippen molar-refractivity contribution in [1.29, 1.82) is 0 Å². The number of hydrogen-bond acceptors (Lipinski definition) is 2. The zero-order chi connectivity index (χ0) is 22.8. The lowest BCUT2D eigenvalue weighted by atomic mass is 10.1. The van der Waals surface area contributed by atoms with E-state index in [-0.39, 0.29) is 17.0 Å². The number of rotatable bonds is 11. The molecule has 0 radical (unpaired) electrons. The monoisotopic (exact) mass is 533 g/mol. The lowest BCUT2D eigenvalue weighted by molar-refractivity contribution is -0.00000699. The molecule has 34 heavy (non-hydrogen) atoms. The van der Waals surface area contributed by atoms with Crippen LogP contribution in [0.25, 0.3) is 0 Å². The topological polar surface area (TPSA) is 35.2 Å². The van der Waals surface area contributed by atoms with Crippen LogP contribution in [-0.2, 0) is 6.42 Å². The summed E-state index contributed by atoms with van der Waals surface area (Å²) in [5, 5.41) is 4.27. The van der Waals surface area contributed by atoms with Gasteiger partial charge in [0, 0.05) is 6.42 Å². The number of halogens is 1.